The normalized spacial score (nSPS) is 12.8. The van der Waals surface area contributed by atoms with Gasteiger partial charge in [0.2, 0.25) is 0 Å². The summed E-state index contributed by atoms with van der Waals surface area (Å²) in [5, 5.41) is 19.2. The average Bonchev–Trinajstić information content (AvgIpc) is 2.45. The molecular weight excluding hydrogens is 319 g/mol. The summed E-state index contributed by atoms with van der Waals surface area (Å²) < 4.78 is 15.7. The zero-order valence-electron chi connectivity index (χ0n) is 12.6. The maximum atomic E-state index is 11.0. The van der Waals surface area contributed by atoms with Crippen LogP contribution >= 0.6 is 7.82 Å². The molecule has 23 heavy (non-hydrogen) atoms. The monoisotopic (exact) mass is 338 g/mol. The lowest BCUT2D eigenvalue weighted by Gasteiger charge is -2.16. The van der Waals surface area contributed by atoms with E-state index in [1.54, 1.807) is 12.1 Å². The van der Waals surface area contributed by atoms with E-state index in [-0.39, 0.29) is 23.2 Å². The second-order valence-electron chi connectivity index (χ2n) is 5.37. The number of rotatable bonds is 6. The molecule has 0 spiro atoms. The number of phenols is 2. The van der Waals surface area contributed by atoms with Crippen LogP contribution in [0.4, 0.5) is 0 Å². The van der Waals surface area contributed by atoms with E-state index in [2.05, 4.69) is 4.52 Å². The van der Waals surface area contributed by atoms with Crippen molar-refractivity contribution in [1.82, 2.24) is 0 Å². The number of benzene rings is 2. The van der Waals surface area contributed by atoms with Crippen LogP contribution < -0.4 is 4.52 Å². The molecule has 0 saturated heterocycles. The van der Waals surface area contributed by atoms with Gasteiger partial charge in [-0.2, -0.15) is 0 Å². The number of phosphoric acid groups is 1. The summed E-state index contributed by atoms with van der Waals surface area (Å²) >= 11 is 0. The van der Waals surface area contributed by atoms with Crippen LogP contribution in [0.25, 0.3) is 0 Å². The molecule has 4 N–H and O–H groups in total. The van der Waals surface area contributed by atoms with E-state index in [9.17, 15) is 14.8 Å². The van der Waals surface area contributed by atoms with Crippen LogP contribution in [-0.4, -0.2) is 20.0 Å². The Morgan fingerprint density at radius 2 is 1.74 bits per heavy atom. The van der Waals surface area contributed by atoms with E-state index in [0.717, 1.165) is 5.56 Å². The first-order valence-corrected chi connectivity index (χ1v) is 8.64. The van der Waals surface area contributed by atoms with E-state index < -0.39 is 7.82 Å². The quantitative estimate of drug-likeness (QED) is 0.602. The summed E-state index contributed by atoms with van der Waals surface area (Å²) in [6, 6.07) is 11.2. The fourth-order valence-corrected chi connectivity index (χ4v) is 2.78. The Balaban J connectivity index is 2.13. The fraction of sp³-hybridized carbons (Fsp3) is 0.250. The second kappa shape index (κ2) is 7.04. The van der Waals surface area contributed by atoms with Crippen LogP contribution in [0.15, 0.2) is 42.5 Å². The van der Waals surface area contributed by atoms with Crippen LogP contribution in [-0.2, 0) is 11.0 Å². The van der Waals surface area contributed by atoms with Crippen molar-refractivity contribution < 1.29 is 29.1 Å². The van der Waals surface area contributed by atoms with E-state index in [0.29, 0.717) is 18.4 Å². The second-order valence-corrected chi connectivity index (χ2v) is 6.53. The maximum Gasteiger partial charge on any atom is 0.524 e. The van der Waals surface area contributed by atoms with Gasteiger partial charge in [0.25, 0.3) is 0 Å². The third kappa shape index (κ3) is 4.99. The zero-order chi connectivity index (χ0) is 17.0. The molecule has 0 bridgehead atoms. The molecule has 0 heterocycles. The standard InChI is InChI=1S/C16H19O6P/c1-11(12-6-8-13(17)9-7-12)5-10-14-15(18)3-2-4-16(14)22-23(19,20)21/h2-4,6-9,11,17-18H,5,10H2,1H3,(H2,19,20,21). The molecule has 0 amide bonds. The highest BCUT2D eigenvalue weighted by Gasteiger charge is 2.20. The molecule has 0 aliphatic heterocycles. The molecule has 1 atom stereocenters. The number of phenolic OH excluding ortho intramolecular Hbond substituents is 2. The number of phosphoric ester groups is 1. The van der Waals surface area contributed by atoms with E-state index in [1.807, 2.05) is 19.1 Å². The molecule has 1 unspecified atom stereocenters. The minimum absolute atomic E-state index is 0.0174. The van der Waals surface area contributed by atoms with Gasteiger partial charge in [0.1, 0.15) is 17.2 Å². The highest BCUT2D eigenvalue weighted by Crippen LogP contribution is 2.42. The molecule has 0 saturated carbocycles. The molecule has 0 aliphatic carbocycles. The Hall–Kier alpha value is -2.01. The van der Waals surface area contributed by atoms with Crippen LogP contribution in [0.5, 0.6) is 17.2 Å². The molecule has 2 aromatic rings. The Kier molecular flexibility index (Phi) is 5.31. The molecule has 0 radical (unpaired) electrons. The summed E-state index contributed by atoms with van der Waals surface area (Å²) in [6.45, 7) is 2.00. The molecule has 2 rings (SSSR count). The number of hydrogen-bond donors (Lipinski definition) is 4. The van der Waals surface area contributed by atoms with E-state index >= 15 is 0 Å². The fourth-order valence-electron chi connectivity index (χ4n) is 2.35. The Bertz CT molecular complexity index is 707. The molecule has 124 valence electrons. The lowest BCUT2D eigenvalue weighted by Crippen LogP contribution is -2.00. The van der Waals surface area contributed by atoms with Crippen molar-refractivity contribution in [2.75, 3.05) is 0 Å². The molecule has 7 heteroatoms. The smallest absolute Gasteiger partial charge is 0.508 e. The van der Waals surface area contributed by atoms with Crippen molar-refractivity contribution in [3.05, 3.63) is 53.6 Å². The molecule has 6 nitrogen and oxygen atoms in total. The highest BCUT2D eigenvalue weighted by atomic mass is 31.2. The number of hydrogen-bond acceptors (Lipinski definition) is 4. The largest absolute Gasteiger partial charge is 0.524 e. The predicted molar refractivity (Wildman–Crippen MR) is 85.6 cm³/mol. The van der Waals surface area contributed by atoms with Gasteiger partial charge in [0, 0.05) is 5.56 Å². The summed E-state index contributed by atoms with van der Waals surface area (Å²) in [6.07, 6.45) is 1.03. The summed E-state index contributed by atoms with van der Waals surface area (Å²) in [4.78, 5) is 17.9. The predicted octanol–water partition coefficient (Wildman–Crippen LogP) is 3.31. The Labute approximate surface area is 134 Å². The summed E-state index contributed by atoms with van der Waals surface area (Å²) in [5.74, 6) is 0.252. The molecule has 2 aromatic carbocycles. The van der Waals surface area contributed by atoms with Crippen molar-refractivity contribution in [2.24, 2.45) is 0 Å². The SMILES string of the molecule is CC(CCc1c(O)cccc1OP(=O)(O)O)c1ccc(O)cc1. The molecular formula is C16H19O6P. The highest BCUT2D eigenvalue weighted by molar-refractivity contribution is 7.46. The molecule has 0 fully saturated rings. The Morgan fingerprint density at radius 1 is 1.09 bits per heavy atom. The van der Waals surface area contributed by atoms with Crippen molar-refractivity contribution in [3.8, 4) is 17.2 Å². The van der Waals surface area contributed by atoms with E-state index in [4.69, 9.17) is 9.79 Å². The van der Waals surface area contributed by atoms with Crippen molar-refractivity contribution >= 4 is 7.82 Å². The van der Waals surface area contributed by atoms with Gasteiger partial charge in [-0.3, -0.25) is 9.79 Å². The van der Waals surface area contributed by atoms with Gasteiger partial charge in [0.15, 0.2) is 0 Å². The van der Waals surface area contributed by atoms with Gasteiger partial charge in [-0.25, -0.2) is 4.57 Å². The van der Waals surface area contributed by atoms with Gasteiger partial charge in [-0.05, 0) is 48.6 Å². The third-order valence-electron chi connectivity index (χ3n) is 3.62. The van der Waals surface area contributed by atoms with Crippen LogP contribution in [0.3, 0.4) is 0 Å². The van der Waals surface area contributed by atoms with Gasteiger partial charge in [-0.1, -0.05) is 25.1 Å². The first-order chi connectivity index (χ1) is 10.8. The zero-order valence-corrected chi connectivity index (χ0v) is 13.5. The first-order valence-electron chi connectivity index (χ1n) is 7.11. The third-order valence-corrected chi connectivity index (χ3v) is 4.05. The van der Waals surface area contributed by atoms with Crippen LogP contribution in [0.2, 0.25) is 0 Å². The maximum absolute atomic E-state index is 11.0. The lowest BCUT2D eigenvalue weighted by molar-refractivity contribution is 0.281. The summed E-state index contributed by atoms with van der Waals surface area (Å²) in [5.41, 5.74) is 1.39. The molecule has 0 aliphatic rings. The first kappa shape index (κ1) is 17.3. The minimum atomic E-state index is -4.68. The lowest BCUT2D eigenvalue weighted by atomic mass is 9.93. The molecule has 0 aromatic heterocycles. The van der Waals surface area contributed by atoms with Crippen molar-refractivity contribution in [3.63, 3.8) is 0 Å². The van der Waals surface area contributed by atoms with E-state index in [1.165, 1.54) is 18.2 Å². The van der Waals surface area contributed by atoms with Crippen LogP contribution in [0.1, 0.15) is 30.4 Å². The van der Waals surface area contributed by atoms with Gasteiger partial charge < -0.3 is 14.7 Å². The van der Waals surface area contributed by atoms with Gasteiger partial charge >= 0.3 is 7.82 Å². The van der Waals surface area contributed by atoms with Crippen LogP contribution in [0, 0.1) is 0 Å². The topological polar surface area (TPSA) is 107 Å². The van der Waals surface area contributed by atoms with Gasteiger partial charge in [0.05, 0.1) is 0 Å². The minimum Gasteiger partial charge on any atom is -0.508 e. The summed E-state index contributed by atoms with van der Waals surface area (Å²) in [7, 11) is -4.68. The Morgan fingerprint density at radius 3 is 2.35 bits per heavy atom. The van der Waals surface area contributed by atoms with Crippen molar-refractivity contribution in [1.29, 1.82) is 0 Å². The average molecular weight is 338 g/mol. The van der Waals surface area contributed by atoms with Gasteiger partial charge in [-0.15, -0.1) is 0 Å². The number of aromatic hydroxyl groups is 2. The van der Waals surface area contributed by atoms with Crippen molar-refractivity contribution in [2.45, 2.75) is 25.7 Å².